The largest absolute Gasteiger partial charge is 0.463 e. The average molecular weight is 551 g/mol. The first-order valence-electron chi connectivity index (χ1n) is 15.8. The molecular formula is C33H58O6. The summed E-state index contributed by atoms with van der Waals surface area (Å²) < 4.78 is 11.1. The topological polar surface area (TPSA) is 93.1 Å². The van der Waals surface area contributed by atoms with E-state index in [1.165, 1.54) is 19.3 Å². The van der Waals surface area contributed by atoms with Gasteiger partial charge in [0.2, 0.25) is 0 Å². The number of rotatable bonds is 22. The third kappa shape index (κ3) is 15.6. The summed E-state index contributed by atoms with van der Waals surface area (Å²) in [5.41, 5.74) is 0.512. The minimum absolute atomic E-state index is 0.00805. The molecule has 39 heavy (non-hydrogen) atoms. The van der Waals surface area contributed by atoms with E-state index in [4.69, 9.17) is 9.47 Å². The Bertz CT molecular complexity index is 715. The van der Waals surface area contributed by atoms with Crippen LogP contribution in [0.2, 0.25) is 0 Å². The lowest BCUT2D eigenvalue weighted by molar-refractivity contribution is -0.148. The number of unbranched alkanes of at least 4 members (excludes halogenated alkanes) is 7. The molecule has 0 aromatic heterocycles. The van der Waals surface area contributed by atoms with Gasteiger partial charge in [-0.3, -0.25) is 4.79 Å². The molecular weight excluding hydrogens is 492 g/mol. The summed E-state index contributed by atoms with van der Waals surface area (Å²) in [6.45, 7) is 12.0. The Hall–Kier alpha value is -1.66. The molecule has 1 aliphatic rings. The van der Waals surface area contributed by atoms with Crippen LogP contribution >= 0.6 is 0 Å². The van der Waals surface area contributed by atoms with Crippen molar-refractivity contribution in [1.82, 2.24) is 0 Å². The predicted octanol–water partition coefficient (Wildman–Crippen LogP) is 7.60. The van der Waals surface area contributed by atoms with Gasteiger partial charge >= 0.3 is 11.9 Å². The third-order valence-corrected chi connectivity index (χ3v) is 7.79. The van der Waals surface area contributed by atoms with E-state index in [9.17, 15) is 19.8 Å². The van der Waals surface area contributed by atoms with Crippen LogP contribution in [-0.2, 0) is 19.1 Å². The predicted molar refractivity (Wildman–Crippen MR) is 158 cm³/mol. The lowest BCUT2D eigenvalue weighted by Crippen LogP contribution is -2.27. The van der Waals surface area contributed by atoms with Crippen LogP contribution in [0.4, 0.5) is 0 Å². The molecule has 0 aromatic rings. The van der Waals surface area contributed by atoms with E-state index in [1.807, 2.05) is 13.8 Å². The Morgan fingerprint density at radius 3 is 2.31 bits per heavy atom. The molecule has 0 spiro atoms. The van der Waals surface area contributed by atoms with Crippen LogP contribution in [0.3, 0.4) is 0 Å². The minimum Gasteiger partial charge on any atom is -0.463 e. The number of carbonyl (C=O) groups excluding carboxylic acids is 2. The highest BCUT2D eigenvalue weighted by atomic mass is 16.5. The van der Waals surface area contributed by atoms with Gasteiger partial charge in [0, 0.05) is 24.3 Å². The van der Waals surface area contributed by atoms with E-state index < -0.39 is 6.10 Å². The zero-order valence-electron chi connectivity index (χ0n) is 25.4. The van der Waals surface area contributed by atoms with Gasteiger partial charge in [-0.2, -0.15) is 0 Å². The second kappa shape index (κ2) is 21.1. The fourth-order valence-corrected chi connectivity index (χ4v) is 5.50. The molecule has 0 aromatic carbocycles. The zero-order chi connectivity index (χ0) is 29.0. The normalized spacial score (nSPS) is 21.9. The van der Waals surface area contributed by atoms with Gasteiger partial charge in [-0.25, -0.2) is 4.79 Å². The molecule has 1 rings (SSSR count). The Morgan fingerprint density at radius 2 is 1.62 bits per heavy atom. The van der Waals surface area contributed by atoms with Crippen molar-refractivity contribution in [3.8, 4) is 0 Å². The second-order valence-corrected chi connectivity index (χ2v) is 11.7. The summed E-state index contributed by atoms with van der Waals surface area (Å²) in [6.07, 6.45) is 17.4. The van der Waals surface area contributed by atoms with Gasteiger partial charge in [-0.15, -0.1) is 0 Å². The Labute approximate surface area is 238 Å². The summed E-state index contributed by atoms with van der Waals surface area (Å²) in [5.74, 6) is -0.559. The monoisotopic (exact) mass is 550 g/mol. The molecule has 6 nitrogen and oxygen atoms in total. The number of carbonyl (C=O) groups is 2. The lowest BCUT2D eigenvalue weighted by Gasteiger charge is -2.25. The van der Waals surface area contributed by atoms with Crippen LogP contribution in [0.1, 0.15) is 137 Å². The average Bonchev–Trinajstić information content (AvgIpc) is 3.17. The van der Waals surface area contributed by atoms with Crippen LogP contribution in [0.5, 0.6) is 0 Å². The summed E-state index contributed by atoms with van der Waals surface area (Å²) in [7, 11) is 0. The zero-order valence-corrected chi connectivity index (χ0v) is 25.4. The fourth-order valence-electron chi connectivity index (χ4n) is 5.50. The molecule has 1 fully saturated rings. The number of ether oxygens (including phenoxy) is 2. The molecule has 226 valence electrons. The molecule has 0 saturated heterocycles. The molecule has 0 aliphatic heterocycles. The Balaban J connectivity index is 2.70. The standard InChI is InChI=1S/C33H58O6/c1-6-8-10-11-15-18-26(5)33(37)39-31-24-30(35)28(23-22-27(34)19-14-9-7-2)29(31)20-16-12-13-17-21-32(36)38-25(3)4/h12,16,25,27-31,34-35H,5-11,13-15,17-24H2,1-4H3/b16-12-/t27-,28+,29+,30+,31-/m0/s1. The highest BCUT2D eigenvalue weighted by Gasteiger charge is 2.43. The van der Waals surface area contributed by atoms with Gasteiger partial charge in [-0.05, 0) is 71.1 Å². The van der Waals surface area contributed by atoms with Crippen molar-refractivity contribution in [2.24, 2.45) is 11.8 Å². The van der Waals surface area contributed by atoms with Gasteiger partial charge < -0.3 is 19.7 Å². The summed E-state index contributed by atoms with van der Waals surface area (Å²) >= 11 is 0. The first-order chi connectivity index (χ1) is 18.7. The molecule has 5 atom stereocenters. The van der Waals surface area contributed by atoms with Gasteiger partial charge in [0.05, 0.1) is 18.3 Å². The smallest absolute Gasteiger partial charge is 0.333 e. The summed E-state index contributed by atoms with van der Waals surface area (Å²) in [6, 6.07) is 0. The lowest BCUT2D eigenvalue weighted by atomic mass is 9.85. The third-order valence-electron chi connectivity index (χ3n) is 7.79. The van der Waals surface area contributed by atoms with E-state index in [0.717, 1.165) is 51.4 Å². The van der Waals surface area contributed by atoms with Gasteiger partial charge in [0.1, 0.15) is 6.10 Å². The number of hydrogen-bond acceptors (Lipinski definition) is 6. The molecule has 0 unspecified atom stereocenters. The van der Waals surface area contributed by atoms with Crippen LogP contribution in [-0.4, -0.2) is 46.6 Å². The summed E-state index contributed by atoms with van der Waals surface area (Å²) in [5, 5.41) is 21.4. The van der Waals surface area contributed by atoms with Crippen LogP contribution in [0.15, 0.2) is 24.3 Å². The molecule has 0 radical (unpaired) electrons. The molecule has 0 bridgehead atoms. The molecule has 2 N–H and O–H groups in total. The van der Waals surface area contributed by atoms with E-state index in [0.29, 0.717) is 44.1 Å². The number of aliphatic hydroxyl groups is 2. The summed E-state index contributed by atoms with van der Waals surface area (Å²) in [4.78, 5) is 24.6. The van der Waals surface area contributed by atoms with Crippen LogP contribution in [0, 0.1) is 11.8 Å². The molecule has 0 amide bonds. The van der Waals surface area contributed by atoms with Crippen LogP contribution < -0.4 is 0 Å². The number of aliphatic hydroxyl groups excluding tert-OH is 2. The first kappa shape index (κ1) is 35.4. The molecule has 0 heterocycles. The van der Waals surface area contributed by atoms with E-state index >= 15 is 0 Å². The van der Waals surface area contributed by atoms with E-state index in [2.05, 4.69) is 32.6 Å². The number of hydrogen-bond donors (Lipinski definition) is 2. The van der Waals surface area contributed by atoms with Crippen LogP contribution in [0.25, 0.3) is 0 Å². The highest BCUT2D eigenvalue weighted by Crippen LogP contribution is 2.40. The maximum Gasteiger partial charge on any atom is 0.333 e. The van der Waals surface area contributed by atoms with Gasteiger partial charge in [0.25, 0.3) is 0 Å². The Morgan fingerprint density at radius 1 is 0.923 bits per heavy atom. The van der Waals surface area contributed by atoms with Crippen molar-refractivity contribution in [3.63, 3.8) is 0 Å². The van der Waals surface area contributed by atoms with Crippen molar-refractivity contribution >= 4 is 11.9 Å². The molecule has 6 heteroatoms. The first-order valence-corrected chi connectivity index (χ1v) is 15.8. The maximum absolute atomic E-state index is 12.8. The van der Waals surface area contributed by atoms with Crippen molar-refractivity contribution in [2.75, 3.05) is 0 Å². The van der Waals surface area contributed by atoms with Gasteiger partial charge in [0.15, 0.2) is 0 Å². The highest BCUT2D eigenvalue weighted by molar-refractivity contribution is 5.87. The van der Waals surface area contributed by atoms with Crippen molar-refractivity contribution in [1.29, 1.82) is 0 Å². The Kier molecular flexibility index (Phi) is 19.2. The van der Waals surface area contributed by atoms with E-state index in [-0.39, 0.29) is 42.1 Å². The minimum atomic E-state index is -0.558. The number of esters is 2. The van der Waals surface area contributed by atoms with Crippen molar-refractivity contribution in [3.05, 3.63) is 24.3 Å². The second-order valence-electron chi connectivity index (χ2n) is 11.7. The molecule has 1 aliphatic carbocycles. The quantitative estimate of drug-likeness (QED) is 0.0624. The fraction of sp³-hybridized carbons (Fsp3) is 0.818. The molecule has 1 saturated carbocycles. The SMILES string of the molecule is C=C(CCCCCCC)C(=O)O[C@H]1C[C@@H](O)[C@H](CC[C@@H](O)CCCCC)[C@H]1C/C=C\CCCC(=O)OC(C)C. The van der Waals surface area contributed by atoms with E-state index in [1.54, 1.807) is 0 Å². The van der Waals surface area contributed by atoms with Gasteiger partial charge in [-0.1, -0.05) is 77.5 Å². The van der Waals surface area contributed by atoms with Crippen molar-refractivity contribution in [2.45, 2.75) is 161 Å². The maximum atomic E-state index is 12.8. The number of allylic oxidation sites excluding steroid dienone is 2. The van der Waals surface area contributed by atoms with Crippen molar-refractivity contribution < 1.29 is 29.3 Å².